The third-order valence-electron chi connectivity index (χ3n) is 5.68. The molecule has 0 spiro atoms. The number of aromatic nitrogens is 4. The van der Waals surface area contributed by atoms with E-state index in [4.69, 9.17) is 59.3 Å². The Morgan fingerprint density at radius 1 is 1.29 bits per heavy atom. The van der Waals surface area contributed by atoms with Gasteiger partial charge in [0.25, 0.3) is 6.64 Å². The van der Waals surface area contributed by atoms with E-state index in [1.807, 2.05) is 20.8 Å². The number of aliphatic hydroxyl groups is 1. The lowest BCUT2D eigenvalue weighted by atomic mass is 10.00. The van der Waals surface area contributed by atoms with Gasteiger partial charge in [0.1, 0.15) is 30.1 Å². The Labute approximate surface area is 257 Å². The van der Waals surface area contributed by atoms with Crippen molar-refractivity contribution in [2.45, 2.75) is 76.5 Å². The van der Waals surface area contributed by atoms with E-state index in [1.165, 1.54) is 17.2 Å². The van der Waals surface area contributed by atoms with Crippen molar-refractivity contribution in [2.24, 2.45) is 5.41 Å². The Balaban J connectivity index is 1.74. The van der Waals surface area contributed by atoms with E-state index < -0.39 is 46.8 Å². The fraction of sp³-hybridized carbons (Fsp3) is 0.696. The summed E-state index contributed by atoms with van der Waals surface area (Å²) in [6.45, 7) is 6.83. The SMILES string of the molecule is CC(C)OC(=O)[C@@H](C)N[P@@](=S)(OCCSC(=O)C(C)(C)C)OC[C@H]1O[C@@H](n2cnc3c(N)ncnc32)C(Cl)(Cl)[C@@H]1O. The second-order valence-corrected chi connectivity index (χ2v) is 16.3. The zero-order chi connectivity index (χ0) is 30.8. The number of hydrogen-bond donors (Lipinski definition) is 3. The Kier molecular flexibility index (Phi) is 11.5. The Bertz CT molecular complexity index is 1290. The largest absolute Gasteiger partial charge is 0.462 e. The van der Waals surface area contributed by atoms with Crippen LogP contribution in [0.4, 0.5) is 5.82 Å². The summed E-state index contributed by atoms with van der Waals surface area (Å²) in [6, 6.07) is -0.878. The van der Waals surface area contributed by atoms with Crippen LogP contribution < -0.4 is 10.8 Å². The van der Waals surface area contributed by atoms with Gasteiger partial charge in [0.05, 0.1) is 25.6 Å². The standard InChI is InChI=1S/C23H35Cl2N6O7PS2/c1-12(2)37-19(33)13(3)30-39(40,35-7-8-41-21(34)22(4,5)6)36-9-14-16(32)23(24,25)20(38-14)31-11-29-15-17(26)27-10-28-18(15)31/h10-14,16,20,32H,7-9H2,1-6H3,(H,30,40)(H2,26,27,28)/t13-,14-,16-,20-,39-/m1/s1. The van der Waals surface area contributed by atoms with Crippen LogP contribution in [0.2, 0.25) is 0 Å². The predicted molar refractivity (Wildman–Crippen MR) is 161 cm³/mol. The van der Waals surface area contributed by atoms with Crippen molar-refractivity contribution in [1.82, 2.24) is 24.6 Å². The zero-order valence-electron chi connectivity index (χ0n) is 23.4. The molecule has 3 heterocycles. The number of imidazole rings is 1. The van der Waals surface area contributed by atoms with Crippen LogP contribution in [0.25, 0.3) is 11.2 Å². The number of alkyl halides is 2. The van der Waals surface area contributed by atoms with Crippen LogP contribution in [-0.2, 0) is 39.9 Å². The molecule has 4 N–H and O–H groups in total. The van der Waals surface area contributed by atoms with Crippen LogP contribution in [-0.4, -0.2) is 83.4 Å². The van der Waals surface area contributed by atoms with E-state index in [-0.39, 0.29) is 30.3 Å². The molecule has 0 radical (unpaired) electrons. The summed E-state index contributed by atoms with van der Waals surface area (Å²) in [5.74, 6) is -0.0943. The topological polar surface area (TPSA) is 173 Å². The van der Waals surface area contributed by atoms with Crippen LogP contribution in [0, 0.1) is 5.41 Å². The number of nitrogens with one attached hydrogen (secondary N) is 1. The molecular formula is C23H35Cl2N6O7PS2. The quantitative estimate of drug-likeness (QED) is 0.130. The number of ether oxygens (including phenoxy) is 2. The van der Waals surface area contributed by atoms with E-state index in [0.717, 1.165) is 11.8 Å². The Morgan fingerprint density at radius 3 is 2.61 bits per heavy atom. The Morgan fingerprint density at radius 2 is 1.98 bits per heavy atom. The minimum atomic E-state index is -3.40. The van der Waals surface area contributed by atoms with Crippen molar-refractivity contribution in [3.63, 3.8) is 0 Å². The number of fused-ring (bicyclic) bond motifs is 1. The van der Waals surface area contributed by atoms with Crippen molar-refractivity contribution in [3.05, 3.63) is 12.7 Å². The van der Waals surface area contributed by atoms with E-state index in [1.54, 1.807) is 20.8 Å². The van der Waals surface area contributed by atoms with Gasteiger partial charge in [0, 0.05) is 11.2 Å². The maximum atomic E-state index is 12.5. The van der Waals surface area contributed by atoms with Gasteiger partial charge >= 0.3 is 5.97 Å². The third kappa shape index (κ3) is 8.49. The second-order valence-electron chi connectivity index (χ2n) is 10.6. The van der Waals surface area contributed by atoms with Gasteiger partial charge in [-0.15, -0.1) is 0 Å². The molecule has 18 heteroatoms. The molecule has 0 aliphatic carbocycles. The van der Waals surface area contributed by atoms with Crippen molar-refractivity contribution < 1.29 is 33.2 Å². The smallest absolute Gasteiger partial charge is 0.323 e. The van der Waals surface area contributed by atoms with Crippen molar-refractivity contribution in [1.29, 1.82) is 0 Å². The highest BCUT2D eigenvalue weighted by Crippen LogP contribution is 2.50. The molecule has 2 aromatic heterocycles. The third-order valence-corrected chi connectivity index (χ3v) is 10.4. The molecule has 2 aromatic rings. The molecule has 230 valence electrons. The molecule has 1 fully saturated rings. The number of carbonyl (C=O) groups is 2. The van der Waals surface area contributed by atoms with Gasteiger partial charge < -0.3 is 29.4 Å². The molecule has 0 amide bonds. The van der Waals surface area contributed by atoms with Crippen molar-refractivity contribution >= 4 is 81.5 Å². The number of nitrogens with two attached hydrogens (primary N) is 1. The van der Waals surface area contributed by atoms with Crippen LogP contribution in [0.15, 0.2) is 12.7 Å². The summed E-state index contributed by atoms with van der Waals surface area (Å²) in [5, 5.41) is 13.9. The lowest BCUT2D eigenvalue weighted by Gasteiger charge is -2.28. The Hall–Kier alpha value is -1.13. The first-order chi connectivity index (χ1) is 19.0. The summed E-state index contributed by atoms with van der Waals surface area (Å²) < 4.78 is 22.7. The highest BCUT2D eigenvalue weighted by Gasteiger charge is 2.56. The molecule has 1 saturated heterocycles. The van der Waals surface area contributed by atoms with Gasteiger partial charge in [-0.05, 0) is 32.6 Å². The normalized spacial score (nSPS) is 23.0. The first-order valence-corrected chi connectivity index (χ1v) is 17.0. The molecule has 0 aromatic carbocycles. The van der Waals surface area contributed by atoms with Crippen molar-refractivity contribution in [2.75, 3.05) is 24.7 Å². The molecule has 41 heavy (non-hydrogen) atoms. The lowest BCUT2D eigenvalue weighted by Crippen LogP contribution is -2.39. The van der Waals surface area contributed by atoms with Gasteiger partial charge in [-0.3, -0.25) is 14.2 Å². The number of halogens is 2. The molecule has 5 atom stereocenters. The maximum Gasteiger partial charge on any atom is 0.323 e. The summed E-state index contributed by atoms with van der Waals surface area (Å²) in [4.78, 5) is 37.0. The van der Waals surface area contributed by atoms with Gasteiger partial charge in [0.2, 0.25) is 0 Å². The van der Waals surface area contributed by atoms with E-state index >= 15 is 0 Å². The van der Waals surface area contributed by atoms with Gasteiger partial charge in [-0.2, -0.15) is 0 Å². The van der Waals surface area contributed by atoms with E-state index in [2.05, 4.69) is 20.0 Å². The number of aliphatic hydroxyl groups excluding tert-OH is 1. The van der Waals surface area contributed by atoms with Gasteiger partial charge in [0.15, 0.2) is 27.1 Å². The van der Waals surface area contributed by atoms with Crippen LogP contribution >= 0.6 is 41.6 Å². The minimum Gasteiger partial charge on any atom is -0.462 e. The predicted octanol–water partition coefficient (Wildman–Crippen LogP) is 3.33. The fourth-order valence-corrected chi connectivity index (χ4v) is 7.43. The number of esters is 1. The lowest BCUT2D eigenvalue weighted by molar-refractivity contribution is -0.149. The van der Waals surface area contributed by atoms with Crippen LogP contribution in [0.5, 0.6) is 0 Å². The van der Waals surface area contributed by atoms with Crippen LogP contribution in [0.1, 0.15) is 47.8 Å². The molecule has 3 rings (SSSR count). The summed E-state index contributed by atoms with van der Waals surface area (Å²) >= 11 is 19.9. The monoisotopic (exact) mass is 672 g/mol. The summed E-state index contributed by atoms with van der Waals surface area (Å²) in [7, 11) is 0. The molecule has 0 saturated carbocycles. The molecule has 1 aliphatic heterocycles. The maximum absolute atomic E-state index is 12.5. The molecule has 13 nitrogen and oxygen atoms in total. The highest BCUT2D eigenvalue weighted by molar-refractivity contribution is 8.13. The number of nitrogen functional groups attached to an aromatic ring is 1. The molecule has 1 aliphatic rings. The number of rotatable bonds is 12. The fourth-order valence-electron chi connectivity index (χ4n) is 3.56. The number of hydrogen-bond acceptors (Lipinski definition) is 13. The second kappa shape index (κ2) is 13.7. The number of carbonyl (C=O) groups excluding carboxylic acids is 2. The number of thioether (sulfide) groups is 1. The molecule has 0 unspecified atom stereocenters. The van der Waals surface area contributed by atoms with Crippen LogP contribution in [0.3, 0.4) is 0 Å². The van der Waals surface area contributed by atoms with E-state index in [0.29, 0.717) is 16.9 Å². The van der Waals surface area contributed by atoms with Crippen molar-refractivity contribution in [3.8, 4) is 0 Å². The molecule has 0 bridgehead atoms. The first kappa shape index (κ1) is 34.4. The highest BCUT2D eigenvalue weighted by atomic mass is 35.5. The summed E-state index contributed by atoms with van der Waals surface area (Å²) in [6.07, 6.45) is -1.33. The van der Waals surface area contributed by atoms with Gasteiger partial charge in [-0.1, -0.05) is 55.7 Å². The number of anilines is 1. The zero-order valence-corrected chi connectivity index (χ0v) is 27.5. The number of nitrogens with zero attached hydrogens (tertiary/aromatic N) is 4. The molecular weight excluding hydrogens is 638 g/mol. The minimum absolute atomic E-state index is 0.00899. The average molecular weight is 674 g/mol. The average Bonchev–Trinajstić information content (AvgIpc) is 3.38. The van der Waals surface area contributed by atoms with Gasteiger partial charge in [-0.25, -0.2) is 20.0 Å². The first-order valence-electron chi connectivity index (χ1n) is 12.6. The van der Waals surface area contributed by atoms with E-state index in [9.17, 15) is 14.7 Å². The summed E-state index contributed by atoms with van der Waals surface area (Å²) in [5.41, 5.74) is 5.97.